The van der Waals surface area contributed by atoms with E-state index in [9.17, 15) is 46.2 Å². The zero-order valence-electron chi connectivity index (χ0n) is 44.1. The largest absolute Gasteiger partial charge is 0.469 e. The van der Waals surface area contributed by atoms with Crippen LogP contribution in [0, 0.1) is 34.4 Å². The summed E-state index contributed by atoms with van der Waals surface area (Å²) in [6.45, 7) is 7.14. The molecular weight excluding hydrogens is 1020 g/mol. The van der Waals surface area contributed by atoms with Gasteiger partial charge in [0.25, 0.3) is 0 Å². The Bertz CT molecular complexity index is 2600. The smallest absolute Gasteiger partial charge is 0.407 e. The van der Waals surface area contributed by atoms with Crippen molar-refractivity contribution in [2.75, 3.05) is 52.0 Å². The van der Waals surface area contributed by atoms with Gasteiger partial charge in [0.1, 0.15) is 17.7 Å². The number of nitrogens with zero attached hydrogens (tertiary/aromatic N) is 4. The second-order valence-corrected chi connectivity index (χ2v) is 20.7. The zero-order chi connectivity index (χ0) is 56.8. The maximum atomic E-state index is 15.1. The number of aromatic nitrogens is 1. The normalized spacial score (nSPS) is 18.7. The van der Waals surface area contributed by atoms with E-state index >= 15 is 4.39 Å². The number of hydrogen-bond acceptors (Lipinski definition) is 14. The van der Waals surface area contributed by atoms with Crippen molar-refractivity contribution in [3.8, 4) is 11.8 Å². The van der Waals surface area contributed by atoms with Crippen molar-refractivity contribution in [1.29, 1.82) is 0 Å². The molecule has 3 aliphatic rings. The van der Waals surface area contributed by atoms with E-state index in [1.54, 1.807) is 30.5 Å². The van der Waals surface area contributed by atoms with Crippen molar-refractivity contribution in [3.05, 3.63) is 101 Å². The first-order valence-corrected chi connectivity index (χ1v) is 24.9. The van der Waals surface area contributed by atoms with Gasteiger partial charge in [-0.25, -0.2) is 19.2 Å². The van der Waals surface area contributed by atoms with Crippen molar-refractivity contribution >= 4 is 41.5 Å². The molecule has 8 N–H and O–H groups in total. The van der Waals surface area contributed by atoms with Crippen LogP contribution in [0.1, 0.15) is 81.7 Å². The van der Waals surface area contributed by atoms with Crippen molar-refractivity contribution in [1.82, 2.24) is 25.8 Å². The summed E-state index contributed by atoms with van der Waals surface area (Å²) < 4.78 is 97.3. The first-order chi connectivity index (χ1) is 36.3. The van der Waals surface area contributed by atoms with Gasteiger partial charge in [0, 0.05) is 79.1 Å². The van der Waals surface area contributed by atoms with Crippen molar-refractivity contribution in [2.24, 2.45) is 33.2 Å². The highest BCUT2D eigenvalue weighted by Gasteiger charge is 2.56. The number of alkyl carbamates (subject to hydrolysis) is 1. The maximum Gasteiger partial charge on any atom is 0.407 e. The van der Waals surface area contributed by atoms with E-state index < -0.39 is 71.9 Å². The van der Waals surface area contributed by atoms with E-state index in [0.29, 0.717) is 34.8 Å². The Morgan fingerprint density at radius 1 is 0.922 bits per heavy atom. The summed E-state index contributed by atoms with van der Waals surface area (Å²) in [4.78, 5) is 60.4. The summed E-state index contributed by atoms with van der Waals surface area (Å²) in [6, 6.07) is 12.7. The summed E-state index contributed by atoms with van der Waals surface area (Å²) in [7, 11) is 2.23. The minimum Gasteiger partial charge on any atom is -0.469 e. The van der Waals surface area contributed by atoms with Gasteiger partial charge in [-0.05, 0) is 80.0 Å². The standard InChI is InChI=1S/C45H52F6N8O5.C9H17NO3/c1-44(2,45(49,50)51)40(57-43(62)63-3)41(61)56-37(38(60)22-53-20-31-12-11-30(17-36(31)46)32(18-52)21-55-42(47)48)16-28-7-4-27(5-8-28)6-9-29-10-15-39(54-19-29)58-23-33-13-14-34(24-58)59(33)35-25-64-26-35;1-9(2,3)6(8(10)12)5-7(11)13-4/h4-5,7-8,10-12,15,17-19,21,33-35,37-38,40,42,53,60H,13-14,16,20,22-26,52H2,1-3H3,(H,56,61)(H,57,62);6H,5H2,1-4H3,(H2,10,12)/t33?,34?,37-,38-,40+;6-/m01/s1. The number of aliphatic hydroxyl groups is 1. The lowest BCUT2D eigenvalue weighted by atomic mass is 9.78. The predicted octanol–water partition coefficient (Wildman–Crippen LogP) is 5.45. The second-order valence-electron chi connectivity index (χ2n) is 20.7. The second kappa shape index (κ2) is 27.0. The number of halogens is 6. The number of aliphatic hydroxyl groups excluding tert-OH is 1. The van der Waals surface area contributed by atoms with E-state index in [-0.39, 0.29) is 48.0 Å². The van der Waals surface area contributed by atoms with Crippen LogP contribution in [0.2, 0.25) is 0 Å². The number of alkyl halides is 5. The Hall–Kier alpha value is -6.74. The maximum absolute atomic E-state index is 15.1. The number of piperazine rings is 1. The van der Waals surface area contributed by atoms with Gasteiger partial charge in [0.05, 0.1) is 63.4 Å². The van der Waals surface area contributed by atoms with Crippen LogP contribution in [0.25, 0.3) is 5.57 Å². The van der Waals surface area contributed by atoms with Crippen LogP contribution in [0.5, 0.6) is 0 Å². The van der Waals surface area contributed by atoms with Crippen LogP contribution >= 0.6 is 0 Å². The lowest BCUT2D eigenvalue weighted by molar-refractivity contribution is -0.220. The molecule has 3 amide bonds. The molecule has 420 valence electrons. The number of benzene rings is 2. The van der Waals surface area contributed by atoms with Crippen LogP contribution in [0.3, 0.4) is 0 Å². The number of rotatable bonds is 19. The third kappa shape index (κ3) is 16.9. The molecule has 2 unspecified atom stereocenters. The molecule has 1 aromatic heterocycles. The molecule has 2 aromatic carbocycles. The molecule has 3 fully saturated rings. The number of carbonyl (C=O) groups is 4. The quantitative estimate of drug-likeness (QED) is 0.0288. The minimum absolute atomic E-state index is 0.0509. The highest BCUT2D eigenvalue weighted by Crippen LogP contribution is 2.41. The molecule has 77 heavy (non-hydrogen) atoms. The lowest BCUT2D eigenvalue weighted by Crippen LogP contribution is -2.62. The van der Waals surface area contributed by atoms with Gasteiger partial charge in [-0.3, -0.25) is 19.3 Å². The third-order valence-electron chi connectivity index (χ3n) is 13.9. The number of allylic oxidation sites excluding steroid dienone is 1. The van der Waals surface area contributed by atoms with Gasteiger partial charge in [-0.15, -0.1) is 0 Å². The van der Waals surface area contributed by atoms with Gasteiger partial charge >= 0.3 is 24.8 Å². The summed E-state index contributed by atoms with van der Waals surface area (Å²) in [5.41, 5.74) is 9.89. The number of nitrogens with one attached hydrogen (secondary N) is 3. The monoisotopic (exact) mass is 1090 g/mol. The average molecular weight is 1090 g/mol. The van der Waals surface area contributed by atoms with Crippen LogP contribution in [-0.4, -0.2) is 141 Å². The number of hydrogen-bond donors (Lipinski definition) is 6. The number of fused-ring (bicyclic) bond motifs is 2. The van der Waals surface area contributed by atoms with Gasteiger partial charge < -0.3 is 51.6 Å². The fourth-order valence-electron chi connectivity index (χ4n) is 9.15. The van der Waals surface area contributed by atoms with Crippen molar-refractivity contribution < 1.29 is 64.8 Å². The molecular formula is C54H69F6N9O8. The average Bonchev–Trinajstić information content (AvgIpc) is 3.59. The summed E-state index contributed by atoms with van der Waals surface area (Å²) in [5.74, 6) is 3.83. The first kappa shape index (κ1) is 61.1. The molecule has 0 radical (unpaired) electrons. The molecule has 17 nitrogen and oxygen atoms in total. The van der Waals surface area contributed by atoms with E-state index in [4.69, 9.17) is 21.2 Å². The predicted molar refractivity (Wildman–Crippen MR) is 276 cm³/mol. The van der Waals surface area contributed by atoms with Crippen LogP contribution in [0.4, 0.5) is 37.0 Å². The summed E-state index contributed by atoms with van der Waals surface area (Å²) in [6.07, 6.45) is -1.80. The number of pyridine rings is 1. The number of esters is 1. The Labute approximate surface area is 444 Å². The van der Waals surface area contributed by atoms with Gasteiger partial charge in [-0.1, -0.05) is 56.9 Å². The van der Waals surface area contributed by atoms with Gasteiger partial charge in [-0.2, -0.15) is 22.0 Å². The molecule has 0 spiro atoms. The fourth-order valence-corrected chi connectivity index (χ4v) is 9.15. The van der Waals surface area contributed by atoms with E-state index in [0.717, 1.165) is 71.6 Å². The molecule has 2 bridgehead atoms. The molecule has 6 atom stereocenters. The number of methoxy groups -OCH3 is 2. The Morgan fingerprint density at radius 2 is 1.56 bits per heavy atom. The summed E-state index contributed by atoms with van der Waals surface area (Å²) >= 11 is 0. The molecule has 3 saturated heterocycles. The minimum atomic E-state index is -4.95. The number of carbonyl (C=O) groups excluding carboxylic acids is 4. The highest BCUT2D eigenvalue weighted by molar-refractivity contribution is 6.09. The molecule has 4 heterocycles. The Balaban J connectivity index is 0.000000742. The lowest BCUT2D eigenvalue weighted by Gasteiger charge is -2.47. The highest BCUT2D eigenvalue weighted by atomic mass is 19.4. The molecule has 0 aliphatic carbocycles. The zero-order valence-corrected chi connectivity index (χ0v) is 44.1. The number of anilines is 1. The summed E-state index contributed by atoms with van der Waals surface area (Å²) in [5, 5.41) is 18.7. The number of amides is 3. The molecule has 6 rings (SSSR count). The van der Waals surface area contributed by atoms with E-state index in [1.807, 2.05) is 38.2 Å². The van der Waals surface area contributed by atoms with Crippen LogP contribution in [-0.2, 0) is 41.6 Å². The molecule has 3 aliphatic heterocycles. The molecule has 23 heteroatoms. The molecule has 3 aromatic rings. The van der Waals surface area contributed by atoms with Crippen molar-refractivity contribution in [2.45, 2.75) is 116 Å². The Kier molecular flexibility index (Phi) is 21.5. The SMILES string of the molecule is COC(=O)C[C@H](C(N)=O)C(C)(C)C.COC(=O)N[C@H](C(=O)N[C@@H](Cc1ccc(C#Cc2ccc(N3CC4CCC(C3)N4C3COC3)nc2)cc1)[C@@H](O)CNCc1ccc(C(C=NC(F)F)=CN)cc1F)C(C)(C)C(F)(F)F. The van der Waals surface area contributed by atoms with E-state index in [1.165, 1.54) is 32.1 Å². The number of aliphatic imine (C=N–C) groups is 1. The van der Waals surface area contributed by atoms with Gasteiger partial charge in [0.15, 0.2) is 0 Å². The van der Waals surface area contributed by atoms with Crippen LogP contribution in [0.15, 0.2) is 72.0 Å². The number of nitrogens with two attached hydrogens (primary N) is 2. The Morgan fingerprint density at radius 3 is 2.06 bits per heavy atom. The van der Waals surface area contributed by atoms with Gasteiger partial charge in [0.2, 0.25) is 11.8 Å². The fraction of sp³-hybridized carbons (Fsp3) is 0.519. The first-order valence-electron chi connectivity index (χ1n) is 24.9. The number of ether oxygens (including phenoxy) is 3. The molecule has 0 saturated carbocycles. The number of primary amides is 1. The third-order valence-corrected chi connectivity index (χ3v) is 13.9. The van der Waals surface area contributed by atoms with E-state index in [2.05, 4.69) is 46.7 Å². The van der Waals surface area contributed by atoms with Crippen LogP contribution < -0.4 is 32.3 Å². The van der Waals surface area contributed by atoms with Crippen molar-refractivity contribution in [3.63, 3.8) is 0 Å². The topological polar surface area (TPSA) is 236 Å².